The van der Waals surface area contributed by atoms with Gasteiger partial charge in [-0.05, 0) is 57.4 Å². The van der Waals surface area contributed by atoms with Crippen LogP contribution >= 0.6 is 27.5 Å². The summed E-state index contributed by atoms with van der Waals surface area (Å²) in [5.41, 5.74) is 0.790. The van der Waals surface area contributed by atoms with Gasteiger partial charge in [-0.15, -0.1) is 0 Å². The highest BCUT2D eigenvalue weighted by Crippen LogP contribution is 2.36. The fourth-order valence-corrected chi connectivity index (χ4v) is 1.88. The Morgan fingerprint density at radius 3 is 2.56 bits per heavy atom. The van der Waals surface area contributed by atoms with Crippen molar-refractivity contribution >= 4 is 38.8 Å². The lowest BCUT2D eigenvalue weighted by Crippen LogP contribution is -1.92. The van der Waals surface area contributed by atoms with Crippen molar-refractivity contribution in [2.45, 2.75) is 0 Å². The van der Waals surface area contributed by atoms with E-state index in [9.17, 15) is 4.79 Å². The van der Waals surface area contributed by atoms with E-state index in [1.165, 1.54) is 6.08 Å². The molecule has 3 nitrogen and oxygen atoms in total. The second-order valence-corrected chi connectivity index (χ2v) is 4.10. The van der Waals surface area contributed by atoms with E-state index in [1.54, 1.807) is 32.4 Å². The van der Waals surface area contributed by atoms with Gasteiger partial charge in [0.25, 0.3) is 0 Å². The zero-order chi connectivity index (χ0) is 12.1. The van der Waals surface area contributed by atoms with Crippen LogP contribution in [-0.4, -0.2) is 19.5 Å². The third-order valence-corrected chi connectivity index (χ3v) is 2.58. The average Bonchev–Trinajstić information content (AvgIpc) is 2.25. The van der Waals surface area contributed by atoms with Gasteiger partial charge in [-0.2, -0.15) is 0 Å². The fraction of sp³-hybridized carbons (Fsp3) is 0.182. The van der Waals surface area contributed by atoms with Crippen molar-refractivity contribution in [3.8, 4) is 11.5 Å². The molecule has 5 heteroatoms. The molecule has 0 aromatic heterocycles. The molecule has 0 aliphatic rings. The number of hydrogen-bond donors (Lipinski definition) is 0. The standard InChI is InChI=1S/C11H10BrClO3/c1-15-9-6-7(3-4-10(13)14)5-8(12)11(9)16-2/h3-6H,1-2H3/b4-3+. The normalized spacial score (nSPS) is 10.5. The fourth-order valence-electron chi connectivity index (χ4n) is 1.20. The van der Waals surface area contributed by atoms with Crippen LogP contribution in [0.25, 0.3) is 6.08 Å². The Bertz CT molecular complexity index is 429. The van der Waals surface area contributed by atoms with Crippen LogP contribution in [0.15, 0.2) is 22.7 Å². The molecule has 1 aromatic rings. The second-order valence-electron chi connectivity index (χ2n) is 2.88. The van der Waals surface area contributed by atoms with Gasteiger partial charge in [0.1, 0.15) is 0 Å². The number of rotatable bonds is 4. The van der Waals surface area contributed by atoms with E-state index in [4.69, 9.17) is 21.1 Å². The number of methoxy groups -OCH3 is 2. The topological polar surface area (TPSA) is 35.5 Å². The first kappa shape index (κ1) is 13.1. The van der Waals surface area contributed by atoms with Crippen molar-refractivity contribution in [3.63, 3.8) is 0 Å². The first-order valence-corrected chi connectivity index (χ1v) is 5.54. The molecule has 16 heavy (non-hydrogen) atoms. The zero-order valence-corrected chi connectivity index (χ0v) is 11.1. The van der Waals surface area contributed by atoms with Gasteiger partial charge in [0.15, 0.2) is 11.5 Å². The molecule has 0 radical (unpaired) electrons. The van der Waals surface area contributed by atoms with Crippen molar-refractivity contribution in [2.75, 3.05) is 14.2 Å². The van der Waals surface area contributed by atoms with Gasteiger partial charge in [0.2, 0.25) is 5.24 Å². The molecular formula is C11H10BrClO3. The van der Waals surface area contributed by atoms with E-state index in [0.717, 1.165) is 10.0 Å². The molecule has 0 unspecified atom stereocenters. The van der Waals surface area contributed by atoms with E-state index >= 15 is 0 Å². The Kier molecular flexibility index (Phi) is 4.83. The summed E-state index contributed by atoms with van der Waals surface area (Å²) in [6.45, 7) is 0. The van der Waals surface area contributed by atoms with Crippen LogP contribution in [0.4, 0.5) is 0 Å². The van der Waals surface area contributed by atoms with Crippen LogP contribution in [0.1, 0.15) is 5.56 Å². The molecule has 1 aromatic carbocycles. The molecule has 86 valence electrons. The molecular weight excluding hydrogens is 295 g/mol. The van der Waals surface area contributed by atoms with E-state index in [-0.39, 0.29) is 0 Å². The highest BCUT2D eigenvalue weighted by Gasteiger charge is 2.09. The predicted molar refractivity (Wildman–Crippen MR) is 67.1 cm³/mol. The van der Waals surface area contributed by atoms with E-state index in [0.29, 0.717) is 11.5 Å². The molecule has 0 N–H and O–H groups in total. The van der Waals surface area contributed by atoms with Gasteiger partial charge >= 0.3 is 0 Å². The first-order valence-electron chi connectivity index (χ1n) is 4.37. The van der Waals surface area contributed by atoms with Crippen molar-refractivity contribution in [1.82, 2.24) is 0 Å². The Morgan fingerprint density at radius 1 is 1.38 bits per heavy atom. The lowest BCUT2D eigenvalue weighted by atomic mass is 10.2. The van der Waals surface area contributed by atoms with Gasteiger partial charge in [-0.1, -0.05) is 0 Å². The minimum atomic E-state index is -0.522. The maximum atomic E-state index is 10.6. The molecule has 0 bridgehead atoms. The molecule has 0 aliphatic heterocycles. The average molecular weight is 306 g/mol. The summed E-state index contributed by atoms with van der Waals surface area (Å²) in [4.78, 5) is 10.6. The summed E-state index contributed by atoms with van der Waals surface area (Å²) in [7, 11) is 3.10. The van der Waals surface area contributed by atoms with Gasteiger partial charge in [-0.3, -0.25) is 4.79 Å². The maximum absolute atomic E-state index is 10.6. The Morgan fingerprint density at radius 2 is 2.06 bits per heavy atom. The number of allylic oxidation sites excluding steroid dienone is 1. The van der Waals surface area contributed by atoms with Crippen molar-refractivity contribution in [3.05, 3.63) is 28.2 Å². The molecule has 0 atom stereocenters. The largest absolute Gasteiger partial charge is 0.493 e. The molecule has 0 fully saturated rings. The molecule has 0 saturated heterocycles. The predicted octanol–water partition coefficient (Wildman–Crippen LogP) is 3.24. The number of carbonyl (C=O) groups excluding carboxylic acids is 1. The van der Waals surface area contributed by atoms with Gasteiger partial charge in [0, 0.05) is 0 Å². The van der Waals surface area contributed by atoms with Crippen molar-refractivity contribution in [1.29, 1.82) is 0 Å². The second kappa shape index (κ2) is 5.92. The number of benzene rings is 1. The number of ether oxygens (including phenoxy) is 2. The zero-order valence-electron chi connectivity index (χ0n) is 8.79. The number of carbonyl (C=O) groups is 1. The Balaban J connectivity index is 3.15. The highest BCUT2D eigenvalue weighted by molar-refractivity contribution is 9.10. The van der Waals surface area contributed by atoms with Gasteiger partial charge in [0.05, 0.1) is 18.7 Å². The van der Waals surface area contributed by atoms with Crippen LogP contribution in [0.5, 0.6) is 11.5 Å². The lowest BCUT2D eigenvalue weighted by Gasteiger charge is -2.10. The first-order chi connectivity index (χ1) is 7.58. The van der Waals surface area contributed by atoms with Crippen LogP contribution < -0.4 is 9.47 Å². The molecule has 1 rings (SSSR count). The third-order valence-electron chi connectivity index (χ3n) is 1.86. The molecule has 0 aliphatic carbocycles. The summed E-state index contributed by atoms with van der Waals surface area (Å²) in [6, 6.07) is 3.55. The smallest absolute Gasteiger partial charge is 0.245 e. The number of hydrogen-bond acceptors (Lipinski definition) is 3. The summed E-state index contributed by atoms with van der Waals surface area (Å²) < 4.78 is 11.1. The van der Waals surface area contributed by atoms with E-state index in [1.807, 2.05) is 0 Å². The van der Waals surface area contributed by atoms with Crippen molar-refractivity contribution in [2.24, 2.45) is 0 Å². The molecule has 0 heterocycles. The summed E-state index contributed by atoms with van der Waals surface area (Å²) >= 11 is 8.56. The summed E-state index contributed by atoms with van der Waals surface area (Å²) in [6.07, 6.45) is 2.87. The molecule has 0 amide bonds. The minimum Gasteiger partial charge on any atom is -0.493 e. The van der Waals surface area contributed by atoms with Gasteiger partial charge in [-0.25, -0.2) is 0 Å². The third kappa shape index (κ3) is 3.25. The van der Waals surface area contributed by atoms with Crippen LogP contribution in [0, 0.1) is 0 Å². The molecule has 0 spiro atoms. The summed E-state index contributed by atoms with van der Waals surface area (Å²) in [5.74, 6) is 1.19. The molecule has 0 saturated carbocycles. The monoisotopic (exact) mass is 304 g/mol. The van der Waals surface area contributed by atoms with E-state index < -0.39 is 5.24 Å². The number of halogens is 2. The van der Waals surface area contributed by atoms with E-state index in [2.05, 4.69) is 15.9 Å². The Labute approximate surface area is 107 Å². The lowest BCUT2D eigenvalue weighted by molar-refractivity contribution is -0.107. The Hall–Kier alpha value is -1.00. The van der Waals surface area contributed by atoms with Crippen molar-refractivity contribution < 1.29 is 14.3 Å². The van der Waals surface area contributed by atoms with Gasteiger partial charge < -0.3 is 9.47 Å². The minimum absolute atomic E-state index is 0.522. The quantitative estimate of drug-likeness (QED) is 0.633. The van der Waals surface area contributed by atoms with Crippen LogP contribution in [-0.2, 0) is 4.79 Å². The van der Waals surface area contributed by atoms with Crippen LogP contribution in [0.3, 0.4) is 0 Å². The van der Waals surface area contributed by atoms with Crippen LogP contribution in [0.2, 0.25) is 0 Å². The summed E-state index contributed by atoms with van der Waals surface area (Å²) in [5, 5.41) is -0.522. The maximum Gasteiger partial charge on any atom is 0.245 e. The SMILES string of the molecule is COc1cc(/C=C/C(=O)Cl)cc(Br)c1OC. The highest BCUT2D eigenvalue weighted by atomic mass is 79.9.